The Morgan fingerprint density at radius 1 is 1.10 bits per heavy atom. The van der Waals surface area contributed by atoms with E-state index in [1.165, 1.54) is 0 Å². The van der Waals surface area contributed by atoms with Crippen molar-refractivity contribution in [2.24, 2.45) is 5.41 Å². The molecule has 0 spiro atoms. The second-order valence-electron chi connectivity index (χ2n) is 8.74. The molecule has 1 heterocycles. The fourth-order valence-corrected chi connectivity index (χ4v) is 1.93. The van der Waals surface area contributed by atoms with Gasteiger partial charge in [0.15, 0.2) is 0 Å². The lowest BCUT2D eigenvalue weighted by atomic mass is 9.85. The first kappa shape index (κ1) is 18.2. The Morgan fingerprint density at radius 3 is 2.24 bits per heavy atom. The highest BCUT2D eigenvalue weighted by Crippen LogP contribution is 2.23. The van der Waals surface area contributed by atoms with Crippen LogP contribution < -0.4 is 0 Å². The summed E-state index contributed by atoms with van der Waals surface area (Å²) in [5.41, 5.74) is 1.25. The van der Waals surface area contributed by atoms with Crippen molar-refractivity contribution in [1.82, 2.24) is 15.0 Å². The third kappa shape index (κ3) is 7.12. The average molecular weight is 293 g/mol. The molecule has 1 aromatic rings. The van der Waals surface area contributed by atoms with Gasteiger partial charge in [-0.05, 0) is 52.4 Å². The smallest absolute Gasteiger partial charge is 0.142 e. The van der Waals surface area contributed by atoms with E-state index in [-0.39, 0.29) is 11.0 Å². The van der Waals surface area contributed by atoms with Crippen molar-refractivity contribution in [3.05, 3.63) is 11.9 Å². The van der Waals surface area contributed by atoms with E-state index in [0.717, 1.165) is 31.6 Å². The Balaban J connectivity index is 2.57. The van der Waals surface area contributed by atoms with Crippen LogP contribution in [0.15, 0.2) is 6.20 Å². The van der Waals surface area contributed by atoms with Gasteiger partial charge in [0.1, 0.15) is 7.85 Å². The maximum Gasteiger partial charge on any atom is 0.142 e. The predicted molar refractivity (Wildman–Crippen MR) is 90.3 cm³/mol. The molecule has 4 nitrogen and oxygen atoms in total. The van der Waals surface area contributed by atoms with E-state index in [9.17, 15) is 0 Å². The van der Waals surface area contributed by atoms with Gasteiger partial charge in [0, 0.05) is 18.3 Å². The lowest BCUT2D eigenvalue weighted by molar-refractivity contribution is 0.0281. The van der Waals surface area contributed by atoms with Crippen molar-refractivity contribution in [1.29, 1.82) is 0 Å². The van der Waals surface area contributed by atoms with Crippen molar-refractivity contribution in [3.8, 4) is 0 Å². The molecule has 0 radical (unpaired) electrons. The zero-order valence-electron chi connectivity index (χ0n) is 15.2. The Morgan fingerprint density at radius 2 is 1.71 bits per heavy atom. The van der Waals surface area contributed by atoms with Crippen LogP contribution in [-0.2, 0) is 16.7 Å². The maximum absolute atomic E-state index is 5.82. The summed E-state index contributed by atoms with van der Waals surface area (Å²) >= 11 is 0. The Kier molecular flexibility index (Phi) is 5.65. The zero-order valence-corrected chi connectivity index (χ0v) is 15.2. The van der Waals surface area contributed by atoms with Gasteiger partial charge in [0.05, 0.1) is 11.2 Å². The van der Waals surface area contributed by atoms with Gasteiger partial charge in [-0.15, -0.1) is 5.10 Å². The van der Waals surface area contributed by atoms with Gasteiger partial charge in [0.25, 0.3) is 0 Å². The predicted octanol–water partition coefficient (Wildman–Crippen LogP) is 2.77. The molecule has 0 aliphatic carbocycles. The number of ether oxygens (including phenoxy) is 1. The Labute approximate surface area is 131 Å². The number of rotatable bonds is 7. The second kappa shape index (κ2) is 6.51. The highest BCUT2D eigenvalue weighted by atomic mass is 16.5. The molecule has 1 rings (SSSR count). The van der Waals surface area contributed by atoms with Crippen LogP contribution in [0.5, 0.6) is 0 Å². The van der Waals surface area contributed by atoms with Crippen molar-refractivity contribution in [2.75, 3.05) is 6.61 Å². The summed E-state index contributed by atoms with van der Waals surface area (Å²) in [7, 11) is 2.08. The van der Waals surface area contributed by atoms with Gasteiger partial charge in [0.2, 0.25) is 0 Å². The number of nitrogens with zero attached hydrogens (tertiary/aromatic N) is 3. The molecule has 0 N–H and O–H groups in total. The van der Waals surface area contributed by atoms with Crippen LogP contribution in [0.1, 0.15) is 67.0 Å². The van der Waals surface area contributed by atoms with E-state index in [1.807, 2.05) is 4.68 Å². The molecule has 0 fully saturated rings. The van der Waals surface area contributed by atoms with E-state index < -0.39 is 0 Å². The topological polar surface area (TPSA) is 39.9 Å². The van der Waals surface area contributed by atoms with Crippen molar-refractivity contribution in [3.63, 3.8) is 0 Å². The number of aromatic nitrogens is 3. The molecule has 0 unspecified atom stereocenters. The summed E-state index contributed by atoms with van der Waals surface area (Å²) in [6, 6.07) is 0. The van der Waals surface area contributed by atoms with E-state index in [2.05, 4.69) is 72.8 Å². The Bertz CT molecular complexity index is 441. The standard InChI is InChI=1S/C16H32BN3O/c1-14(2,3)9-8-13-12-20(19-18-13)15(4,5)10-11-21-16(6,7)17/h12H,8-11,17H2,1-7H3. The van der Waals surface area contributed by atoms with Crippen LogP contribution in [0.4, 0.5) is 0 Å². The minimum absolute atomic E-state index is 0.0712. The summed E-state index contributed by atoms with van der Waals surface area (Å²) < 4.78 is 7.81. The van der Waals surface area contributed by atoms with Gasteiger partial charge in [-0.2, -0.15) is 0 Å². The average Bonchev–Trinajstić information content (AvgIpc) is 2.72. The number of hydrogen-bond acceptors (Lipinski definition) is 3. The monoisotopic (exact) mass is 293 g/mol. The van der Waals surface area contributed by atoms with Gasteiger partial charge >= 0.3 is 0 Å². The van der Waals surface area contributed by atoms with E-state index in [1.54, 1.807) is 0 Å². The lowest BCUT2D eigenvalue weighted by Gasteiger charge is -2.27. The van der Waals surface area contributed by atoms with E-state index in [4.69, 9.17) is 4.74 Å². The quantitative estimate of drug-likeness (QED) is 0.726. The maximum atomic E-state index is 5.82. The lowest BCUT2D eigenvalue weighted by Crippen LogP contribution is -2.32. The molecular weight excluding hydrogens is 261 g/mol. The van der Waals surface area contributed by atoms with Crippen LogP contribution >= 0.6 is 0 Å². The van der Waals surface area contributed by atoms with Gasteiger partial charge in [-0.1, -0.05) is 26.0 Å². The SMILES string of the molecule is BC(C)(C)OCCC(C)(C)n1cc(CCC(C)(C)C)nn1. The third-order valence-corrected chi connectivity index (χ3v) is 3.54. The number of hydrogen-bond donors (Lipinski definition) is 0. The van der Waals surface area contributed by atoms with Crippen LogP contribution in [-0.4, -0.2) is 34.9 Å². The molecular formula is C16H32BN3O. The molecule has 0 saturated heterocycles. The van der Waals surface area contributed by atoms with Crippen molar-refractivity contribution < 1.29 is 4.74 Å². The van der Waals surface area contributed by atoms with Crippen molar-refractivity contribution >= 4 is 7.85 Å². The van der Waals surface area contributed by atoms with Crippen LogP contribution in [0, 0.1) is 5.41 Å². The molecule has 0 aliphatic rings. The molecule has 21 heavy (non-hydrogen) atoms. The molecule has 0 aliphatic heterocycles. The fraction of sp³-hybridized carbons (Fsp3) is 0.875. The normalized spacial score (nSPS) is 13.7. The fourth-order valence-electron chi connectivity index (χ4n) is 1.93. The summed E-state index contributed by atoms with van der Waals surface area (Å²) in [4.78, 5) is 0. The molecule has 5 heteroatoms. The zero-order chi connectivity index (χ0) is 16.3. The molecule has 0 saturated carbocycles. The molecule has 0 amide bonds. The summed E-state index contributed by atoms with van der Waals surface area (Å²) in [6.45, 7) is 16.0. The second-order valence-corrected chi connectivity index (χ2v) is 8.74. The van der Waals surface area contributed by atoms with Gasteiger partial charge in [-0.25, -0.2) is 4.68 Å². The number of aryl methyl sites for hydroxylation is 1. The van der Waals surface area contributed by atoms with Crippen LogP contribution in [0.2, 0.25) is 0 Å². The first-order valence-corrected chi connectivity index (χ1v) is 7.95. The summed E-state index contributed by atoms with van der Waals surface area (Å²) in [5, 5.41) is 8.63. The minimum atomic E-state index is -0.0870. The Hall–Kier alpha value is -0.835. The highest BCUT2D eigenvalue weighted by molar-refractivity contribution is 6.13. The molecule has 1 aromatic heterocycles. The van der Waals surface area contributed by atoms with Gasteiger partial charge in [-0.3, -0.25) is 0 Å². The largest absolute Gasteiger partial charge is 0.385 e. The van der Waals surface area contributed by atoms with Crippen LogP contribution in [0.25, 0.3) is 0 Å². The first-order valence-electron chi connectivity index (χ1n) is 7.95. The molecule has 0 atom stereocenters. The molecule has 120 valence electrons. The molecule has 0 bridgehead atoms. The van der Waals surface area contributed by atoms with E-state index >= 15 is 0 Å². The highest BCUT2D eigenvalue weighted by Gasteiger charge is 2.23. The third-order valence-electron chi connectivity index (χ3n) is 3.54. The summed E-state index contributed by atoms with van der Waals surface area (Å²) in [6.07, 6.45) is 5.12. The van der Waals surface area contributed by atoms with Gasteiger partial charge < -0.3 is 4.74 Å². The van der Waals surface area contributed by atoms with E-state index in [0.29, 0.717) is 5.41 Å². The van der Waals surface area contributed by atoms with Crippen LogP contribution in [0.3, 0.4) is 0 Å². The summed E-state index contributed by atoms with van der Waals surface area (Å²) in [5.74, 6) is 0. The first-order chi connectivity index (χ1) is 9.39. The minimum Gasteiger partial charge on any atom is -0.385 e. The van der Waals surface area contributed by atoms with Crippen molar-refractivity contribution in [2.45, 2.75) is 78.8 Å². The molecule has 0 aromatic carbocycles.